The summed E-state index contributed by atoms with van der Waals surface area (Å²) < 4.78 is 19.5. The zero-order valence-corrected chi connectivity index (χ0v) is 18.3. The highest BCUT2D eigenvalue weighted by Gasteiger charge is 2.35. The molecule has 3 aliphatic rings. The van der Waals surface area contributed by atoms with Crippen LogP contribution in [0.5, 0.6) is 0 Å². The molecule has 2 aliphatic heterocycles. The SMILES string of the molecule is CN1CCN(CC2CCCCC(=C(Cc3cccc(F)c3)C3OC=CC3=O)C2O)CC1. The van der Waals surface area contributed by atoms with Crippen molar-refractivity contribution in [2.75, 3.05) is 39.8 Å². The van der Waals surface area contributed by atoms with E-state index in [2.05, 4.69) is 16.8 Å². The molecule has 1 saturated heterocycles. The number of carbonyl (C=O) groups is 1. The van der Waals surface area contributed by atoms with E-state index >= 15 is 0 Å². The summed E-state index contributed by atoms with van der Waals surface area (Å²) in [6, 6.07) is 6.46. The Bertz CT molecular complexity index is 845. The number of aliphatic hydroxyl groups is 1. The van der Waals surface area contributed by atoms with E-state index < -0.39 is 12.2 Å². The first-order valence-corrected chi connectivity index (χ1v) is 11.4. The molecule has 1 aliphatic carbocycles. The maximum absolute atomic E-state index is 13.8. The lowest BCUT2D eigenvalue weighted by Crippen LogP contribution is -2.47. The van der Waals surface area contributed by atoms with E-state index in [1.54, 1.807) is 6.07 Å². The van der Waals surface area contributed by atoms with E-state index in [0.717, 1.165) is 75.1 Å². The molecule has 0 spiro atoms. The zero-order valence-electron chi connectivity index (χ0n) is 18.3. The number of hydrogen-bond acceptors (Lipinski definition) is 5. The summed E-state index contributed by atoms with van der Waals surface area (Å²) in [6.07, 6.45) is 5.73. The van der Waals surface area contributed by atoms with E-state index in [1.807, 2.05) is 6.07 Å². The molecule has 0 bridgehead atoms. The molecular weight excluding hydrogens is 395 g/mol. The van der Waals surface area contributed by atoms with E-state index in [4.69, 9.17) is 4.74 Å². The van der Waals surface area contributed by atoms with Crippen LogP contribution in [0.1, 0.15) is 31.2 Å². The molecule has 3 atom stereocenters. The van der Waals surface area contributed by atoms with Gasteiger partial charge in [-0.15, -0.1) is 0 Å². The Morgan fingerprint density at radius 2 is 2.03 bits per heavy atom. The van der Waals surface area contributed by atoms with Gasteiger partial charge in [-0.05, 0) is 61.6 Å². The lowest BCUT2D eigenvalue weighted by atomic mass is 9.85. The molecule has 168 valence electrons. The number of piperazine rings is 1. The number of nitrogens with zero attached hydrogens (tertiary/aromatic N) is 2. The number of ether oxygens (including phenoxy) is 1. The molecule has 1 N–H and O–H groups in total. The van der Waals surface area contributed by atoms with Crippen LogP contribution in [-0.4, -0.2) is 72.7 Å². The van der Waals surface area contributed by atoms with Crippen LogP contribution in [0.2, 0.25) is 0 Å². The van der Waals surface area contributed by atoms with Gasteiger partial charge in [0.2, 0.25) is 5.78 Å². The molecule has 0 radical (unpaired) electrons. The first-order valence-electron chi connectivity index (χ1n) is 11.4. The van der Waals surface area contributed by atoms with Gasteiger partial charge in [-0.25, -0.2) is 4.39 Å². The second kappa shape index (κ2) is 10.1. The zero-order chi connectivity index (χ0) is 21.8. The van der Waals surface area contributed by atoms with Gasteiger partial charge in [0, 0.05) is 44.7 Å². The van der Waals surface area contributed by atoms with Crippen molar-refractivity contribution in [3.05, 3.63) is 59.1 Å². The summed E-state index contributed by atoms with van der Waals surface area (Å²) in [5.74, 6) is -0.271. The number of likely N-dealkylation sites (N-methyl/N-ethyl adjacent to an activating group) is 1. The van der Waals surface area contributed by atoms with Crippen molar-refractivity contribution >= 4 is 5.78 Å². The smallest absolute Gasteiger partial charge is 0.203 e. The number of aliphatic hydroxyl groups excluding tert-OH is 1. The van der Waals surface area contributed by atoms with Crippen molar-refractivity contribution in [3.63, 3.8) is 0 Å². The number of halogens is 1. The molecule has 31 heavy (non-hydrogen) atoms. The molecule has 2 fully saturated rings. The van der Waals surface area contributed by atoms with Crippen LogP contribution in [0.4, 0.5) is 4.39 Å². The Morgan fingerprint density at radius 1 is 1.23 bits per heavy atom. The minimum absolute atomic E-state index is 0.106. The second-order valence-corrected chi connectivity index (χ2v) is 9.13. The monoisotopic (exact) mass is 428 g/mol. The highest BCUT2D eigenvalue weighted by Crippen LogP contribution is 2.34. The van der Waals surface area contributed by atoms with Crippen LogP contribution in [0.15, 0.2) is 47.7 Å². The number of carbonyl (C=O) groups excluding carboxylic acids is 1. The molecular formula is C25H33FN2O3. The predicted octanol–water partition coefficient (Wildman–Crippen LogP) is 2.94. The molecule has 4 rings (SSSR count). The highest BCUT2D eigenvalue weighted by atomic mass is 19.1. The summed E-state index contributed by atoms with van der Waals surface area (Å²) in [6.45, 7) is 4.99. The molecule has 0 amide bonds. The highest BCUT2D eigenvalue weighted by molar-refractivity contribution is 5.97. The van der Waals surface area contributed by atoms with Crippen molar-refractivity contribution in [3.8, 4) is 0 Å². The fraction of sp³-hybridized carbons (Fsp3) is 0.560. The molecule has 1 aromatic carbocycles. The largest absolute Gasteiger partial charge is 0.485 e. The minimum atomic E-state index is -0.713. The molecule has 0 aromatic heterocycles. The van der Waals surface area contributed by atoms with Crippen LogP contribution < -0.4 is 0 Å². The van der Waals surface area contributed by atoms with Crippen molar-refractivity contribution in [1.82, 2.24) is 9.80 Å². The van der Waals surface area contributed by atoms with Gasteiger partial charge in [0.05, 0.1) is 12.4 Å². The van der Waals surface area contributed by atoms with Gasteiger partial charge in [-0.3, -0.25) is 4.79 Å². The average molecular weight is 429 g/mol. The Balaban J connectivity index is 1.61. The summed E-state index contributed by atoms with van der Waals surface area (Å²) in [5, 5.41) is 11.5. The van der Waals surface area contributed by atoms with Crippen molar-refractivity contribution < 1.29 is 19.0 Å². The van der Waals surface area contributed by atoms with E-state index in [1.165, 1.54) is 24.5 Å². The average Bonchev–Trinajstić information content (AvgIpc) is 3.10. The topological polar surface area (TPSA) is 53.0 Å². The Hall–Kier alpha value is -2.02. The summed E-state index contributed by atoms with van der Waals surface area (Å²) in [7, 11) is 2.14. The fourth-order valence-corrected chi connectivity index (χ4v) is 5.05. The molecule has 5 nitrogen and oxygen atoms in total. The molecule has 3 unspecified atom stereocenters. The molecule has 6 heteroatoms. The lowest BCUT2D eigenvalue weighted by Gasteiger charge is -2.36. The van der Waals surface area contributed by atoms with Gasteiger partial charge in [-0.1, -0.05) is 18.6 Å². The number of hydrogen-bond donors (Lipinski definition) is 1. The van der Waals surface area contributed by atoms with Gasteiger partial charge >= 0.3 is 0 Å². The van der Waals surface area contributed by atoms with Crippen LogP contribution in [-0.2, 0) is 16.0 Å². The Morgan fingerprint density at radius 3 is 2.74 bits per heavy atom. The minimum Gasteiger partial charge on any atom is -0.485 e. The first kappa shape index (κ1) is 22.2. The fourth-order valence-electron chi connectivity index (χ4n) is 5.05. The van der Waals surface area contributed by atoms with Crippen LogP contribution in [0.3, 0.4) is 0 Å². The van der Waals surface area contributed by atoms with Crippen molar-refractivity contribution in [2.45, 2.75) is 44.3 Å². The maximum Gasteiger partial charge on any atom is 0.203 e. The quantitative estimate of drug-likeness (QED) is 0.577. The maximum atomic E-state index is 13.8. The van der Waals surface area contributed by atoms with Crippen LogP contribution in [0.25, 0.3) is 0 Å². The summed E-state index contributed by atoms with van der Waals surface area (Å²) >= 11 is 0. The second-order valence-electron chi connectivity index (χ2n) is 9.13. The standard InChI is InChI=1S/C25H33FN2O3/c1-27-10-12-28(13-11-27)17-19-6-2-3-8-21(24(19)30)22(25-23(29)9-14-31-25)16-18-5-4-7-20(26)15-18/h4-5,7,9,14-15,19,24-25,30H,2-3,6,8,10-13,16-17H2,1H3. The van der Waals surface area contributed by atoms with Gasteiger partial charge in [0.25, 0.3) is 0 Å². The summed E-state index contributed by atoms with van der Waals surface area (Å²) in [5.41, 5.74) is 2.51. The van der Waals surface area contributed by atoms with E-state index in [9.17, 15) is 14.3 Å². The van der Waals surface area contributed by atoms with Crippen molar-refractivity contribution in [2.24, 2.45) is 5.92 Å². The number of rotatable bonds is 5. The third-order valence-electron chi connectivity index (χ3n) is 6.88. The number of ketones is 1. The van der Waals surface area contributed by atoms with Gasteiger partial charge in [0.1, 0.15) is 5.82 Å². The van der Waals surface area contributed by atoms with E-state index in [-0.39, 0.29) is 17.5 Å². The predicted molar refractivity (Wildman–Crippen MR) is 118 cm³/mol. The number of benzene rings is 1. The van der Waals surface area contributed by atoms with Crippen LogP contribution in [0, 0.1) is 11.7 Å². The van der Waals surface area contributed by atoms with Crippen molar-refractivity contribution in [1.29, 1.82) is 0 Å². The first-order chi connectivity index (χ1) is 15.0. The summed E-state index contributed by atoms with van der Waals surface area (Å²) in [4.78, 5) is 17.3. The Kier molecular flexibility index (Phi) is 7.20. The van der Waals surface area contributed by atoms with Crippen LogP contribution >= 0.6 is 0 Å². The lowest BCUT2D eigenvalue weighted by molar-refractivity contribution is -0.118. The van der Waals surface area contributed by atoms with Gasteiger partial charge in [0.15, 0.2) is 6.10 Å². The molecule has 2 heterocycles. The van der Waals surface area contributed by atoms with E-state index in [0.29, 0.717) is 6.42 Å². The van der Waals surface area contributed by atoms with Gasteiger partial charge < -0.3 is 19.6 Å². The third-order valence-corrected chi connectivity index (χ3v) is 6.88. The Labute approximate surface area is 184 Å². The van der Waals surface area contributed by atoms with Gasteiger partial charge in [-0.2, -0.15) is 0 Å². The third kappa shape index (κ3) is 5.43. The normalized spacial score (nSPS) is 29.6. The molecule has 1 saturated carbocycles. The molecule has 1 aromatic rings.